The van der Waals surface area contributed by atoms with Crippen molar-refractivity contribution in [1.82, 2.24) is 5.32 Å². The second-order valence-corrected chi connectivity index (χ2v) is 4.80. The lowest BCUT2D eigenvalue weighted by Gasteiger charge is -2.43. The van der Waals surface area contributed by atoms with Gasteiger partial charge in [0.1, 0.15) is 23.7 Å². The summed E-state index contributed by atoms with van der Waals surface area (Å²) in [6, 6.07) is 8.08. The molecule has 1 aromatic rings. The van der Waals surface area contributed by atoms with E-state index in [1.165, 1.54) is 0 Å². The molecule has 0 spiro atoms. The molecule has 0 amide bonds. The van der Waals surface area contributed by atoms with E-state index in [-0.39, 0.29) is 12.2 Å². The number of hydrogen-bond acceptors (Lipinski definition) is 4. The molecular formula is C15H23NO3. The average molecular weight is 265 g/mol. The highest BCUT2D eigenvalue weighted by Crippen LogP contribution is 2.29. The Balaban J connectivity index is 1.90. The Morgan fingerprint density at radius 1 is 1.21 bits per heavy atom. The topological polar surface area (TPSA) is 39.7 Å². The molecule has 0 saturated heterocycles. The van der Waals surface area contributed by atoms with Gasteiger partial charge in [0.2, 0.25) is 0 Å². The fourth-order valence-electron chi connectivity index (χ4n) is 2.29. The maximum atomic E-state index is 5.97. The van der Waals surface area contributed by atoms with Gasteiger partial charge in [0.05, 0.1) is 7.11 Å². The molecule has 1 saturated carbocycles. The maximum Gasteiger partial charge on any atom is 0.128 e. The molecule has 0 bridgehead atoms. The molecule has 3 unspecified atom stereocenters. The number of hydrogen-bond donors (Lipinski definition) is 1. The summed E-state index contributed by atoms with van der Waals surface area (Å²) in [5.74, 6) is 1.71. The lowest BCUT2D eigenvalue weighted by molar-refractivity contribution is -0.106. The molecule has 1 aliphatic rings. The summed E-state index contributed by atoms with van der Waals surface area (Å²) in [5.41, 5.74) is 0. The van der Waals surface area contributed by atoms with Gasteiger partial charge in [0.15, 0.2) is 0 Å². The van der Waals surface area contributed by atoms with E-state index in [0.717, 1.165) is 30.9 Å². The zero-order valence-electron chi connectivity index (χ0n) is 11.9. The molecule has 2 rings (SSSR count). The molecule has 1 N–H and O–H groups in total. The molecule has 1 aromatic carbocycles. The first-order chi connectivity index (χ1) is 9.28. The van der Waals surface area contributed by atoms with Gasteiger partial charge in [-0.25, -0.2) is 0 Å². The molecular weight excluding hydrogens is 242 g/mol. The quantitative estimate of drug-likeness (QED) is 0.820. The van der Waals surface area contributed by atoms with Gasteiger partial charge in [-0.15, -0.1) is 0 Å². The number of ether oxygens (including phenoxy) is 3. The zero-order chi connectivity index (χ0) is 13.7. The van der Waals surface area contributed by atoms with E-state index in [1.807, 2.05) is 31.3 Å². The molecule has 1 aliphatic carbocycles. The van der Waals surface area contributed by atoms with Gasteiger partial charge >= 0.3 is 0 Å². The summed E-state index contributed by atoms with van der Waals surface area (Å²) >= 11 is 0. The Bertz CT molecular complexity index is 379. The molecule has 0 radical (unpaired) electrons. The van der Waals surface area contributed by atoms with Crippen molar-refractivity contribution in [2.24, 2.45) is 0 Å². The van der Waals surface area contributed by atoms with Gasteiger partial charge in [-0.1, -0.05) is 6.92 Å². The Kier molecular flexibility index (Phi) is 5.05. The minimum absolute atomic E-state index is 0.136. The summed E-state index contributed by atoms with van der Waals surface area (Å²) in [6.45, 7) is 2.90. The average Bonchev–Trinajstić information content (AvgIpc) is 2.44. The number of likely N-dealkylation sites (N-methyl/N-ethyl adjacent to an activating group) is 1. The molecule has 0 aromatic heterocycles. The van der Waals surface area contributed by atoms with Crippen LogP contribution >= 0.6 is 0 Å². The highest BCUT2D eigenvalue weighted by Gasteiger charge is 2.42. The van der Waals surface area contributed by atoms with E-state index in [9.17, 15) is 0 Å². The second-order valence-electron chi connectivity index (χ2n) is 4.80. The predicted octanol–water partition coefficient (Wildman–Crippen LogP) is 2.23. The van der Waals surface area contributed by atoms with E-state index in [1.54, 1.807) is 7.11 Å². The standard InChI is InChI=1S/C15H23NO3/c1-4-9-18-15-13(16-2)10-14(15)19-12-7-5-11(17-3)6-8-12/h5-8,13-16H,4,9-10H2,1-3H3. The van der Waals surface area contributed by atoms with Gasteiger partial charge in [0, 0.05) is 19.1 Å². The lowest BCUT2D eigenvalue weighted by Crippen LogP contribution is -2.60. The van der Waals surface area contributed by atoms with Crippen LogP contribution in [0, 0.1) is 0 Å². The highest BCUT2D eigenvalue weighted by atomic mass is 16.5. The lowest BCUT2D eigenvalue weighted by atomic mass is 9.85. The predicted molar refractivity (Wildman–Crippen MR) is 74.9 cm³/mol. The summed E-state index contributed by atoms with van der Waals surface area (Å²) in [4.78, 5) is 0. The van der Waals surface area contributed by atoms with Crippen LogP contribution in [0.15, 0.2) is 24.3 Å². The zero-order valence-corrected chi connectivity index (χ0v) is 11.9. The number of nitrogens with one attached hydrogen (secondary N) is 1. The van der Waals surface area contributed by atoms with Crippen molar-refractivity contribution in [2.75, 3.05) is 20.8 Å². The third kappa shape index (κ3) is 3.39. The summed E-state index contributed by atoms with van der Waals surface area (Å²) in [5, 5.41) is 3.27. The van der Waals surface area contributed by atoms with Crippen LogP contribution < -0.4 is 14.8 Å². The summed E-state index contributed by atoms with van der Waals surface area (Å²) in [6.07, 6.45) is 2.29. The third-order valence-corrected chi connectivity index (χ3v) is 3.48. The van der Waals surface area contributed by atoms with Crippen molar-refractivity contribution in [3.8, 4) is 11.5 Å². The van der Waals surface area contributed by atoms with Crippen molar-refractivity contribution in [2.45, 2.75) is 38.0 Å². The minimum Gasteiger partial charge on any atom is -0.497 e. The number of rotatable bonds is 7. The van der Waals surface area contributed by atoms with E-state index < -0.39 is 0 Å². The third-order valence-electron chi connectivity index (χ3n) is 3.48. The monoisotopic (exact) mass is 265 g/mol. The van der Waals surface area contributed by atoms with Crippen LogP contribution in [-0.2, 0) is 4.74 Å². The van der Waals surface area contributed by atoms with Crippen molar-refractivity contribution in [3.05, 3.63) is 24.3 Å². The minimum atomic E-state index is 0.136. The van der Waals surface area contributed by atoms with Crippen molar-refractivity contribution in [3.63, 3.8) is 0 Å². The molecule has 4 nitrogen and oxygen atoms in total. The summed E-state index contributed by atoms with van der Waals surface area (Å²) < 4.78 is 17.0. The van der Waals surface area contributed by atoms with Crippen LogP contribution in [0.4, 0.5) is 0 Å². The van der Waals surface area contributed by atoms with Gasteiger partial charge in [-0.05, 0) is 37.7 Å². The molecule has 4 heteroatoms. The van der Waals surface area contributed by atoms with Crippen LogP contribution in [0.25, 0.3) is 0 Å². The SMILES string of the molecule is CCCOC1C(NC)CC1Oc1ccc(OC)cc1. The fraction of sp³-hybridized carbons (Fsp3) is 0.600. The largest absolute Gasteiger partial charge is 0.497 e. The van der Waals surface area contributed by atoms with Crippen molar-refractivity contribution >= 4 is 0 Å². The summed E-state index contributed by atoms with van der Waals surface area (Å²) in [7, 11) is 3.63. The van der Waals surface area contributed by atoms with E-state index in [0.29, 0.717) is 6.04 Å². The fourth-order valence-corrected chi connectivity index (χ4v) is 2.29. The number of methoxy groups -OCH3 is 1. The van der Waals surface area contributed by atoms with E-state index in [2.05, 4.69) is 12.2 Å². The number of benzene rings is 1. The highest BCUT2D eigenvalue weighted by molar-refractivity contribution is 5.31. The van der Waals surface area contributed by atoms with Crippen molar-refractivity contribution < 1.29 is 14.2 Å². The maximum absolute atomic E-state index is 5.97. The molecule has 19 heavy (non-hydrogen) atoms. The second kappa shape index (κ2) is 6.78. The van der Waals surface area contributed by atoms with E-state index >= 15 is 0 Å². The van der Waals surface area contributed by atoms with Gasteiger partial charge < -0.3 is 19.5 Å². The molecule has 1 fully saturated rings. The Hall–Kier alpha value is -1.26. The Morgan fingerprint density at radius 2 is 1.89 bits per heavy atom. The van der Waals surface area contributed by atoms with Crippen LogP contribution in [-0.4, -0.2) is 39.0 Å². The van der Waals surface area contributed by atoms with Gasteiger partial charge in [0.25, 0.3) is 0 Å². The Labute approximate surface area is 115 Å². The first kappa shape index (κ1) is 14.2. The van der Waals surface area contributed by atoms with Gasteiger partial charge in [-0.3, -0.25) is 0 Å². The van der Waals surface area contributed by atoms with Crippen LogP contribution in [0.1, 0.15) is 19.8 Å². The van der Waals surface area contributed by atoms with Crippen molar-refractivity contribution in [1.29, 1.82) is 0 Å². The smallest absolute Gasteiger partial charge is 0.128 e. The van der Waals surface area contributed by atoms with Crippen LogP contribution in [0.5, 0.6) is 11.5 Å². The first-order valence-electron chi connectivity index (χ1n) is 6.88. The van der Waals surface area contributed by atoms with Crippen LogP contribution in [0.3, 0.4) is 0 Å². The van der Waals surface area contributed by atoms with E-state index in [4.69, 9.17) is 14.2 Å². The first-order valence-corrected chi connectivity index (χ1v) is 6.88. The molecule has 0 aliphatic heterocycles. The Morgan fingerprint density at radius 3 is 2.47 bits per heavy atom. The van der Waals surface area contributed by atoms with Crippen LogP contribution in [0.2, 0.25) is 0 Å². The van der Waals surface area contributed by atoms with Gasteiger partial charge in [-0.2, -0.15) is 0 Å². The molecule has 0 heterocycles. The normalized spacial score (nSPS) is 25.7. The molecule has 106 valence electrons. The molecule has 3 atom stereocenters.